The van der Waals surface area contributed by atoms with Crippen LogP contribution in [0.2, 0.25) is 0 Å². The number of nitrogens with two attached hydrogens (primary N) is 1. The van der Waals surface area contributed by atoms with Gasteiger partial charge < -0.3 is 24.8 Å². The summed E-state index contributed by atoms with van der Waals surface area (Å²) in [6.07, 6.45) is 0.934. The van der Waals surface area contributed by atoms with Gasteiger partial charge in [-0.05, 0) is 36.8 Å². The maximum atomic E-state index is 12.6. The highest BCUT2D eigenvalue weighted by Gasteiger charge is 2.49. The number of fused-ring (bicyclic) bond motifs is 2. The number of carbonyl (C=O) groups excluding carboxylic acids is 3. The van der Waals surface area contributed by atoms with E-state index in [2.05, 4.69) is 0 Å². The fourth-order valence-corrected chi connectivity index (χ4v) is 4.88. The molecular formula is C22H31N3O10S. The van der Waals surface area contributed by atoms with Crippen LogP contribution >= 0.6 is 0 Å². The van der Waals surface area contributed by atoms with E-state index in [0.717, 1.165) is 0 Å². The number of hydrogen-bond acceptors (Lipinski definition) is 10. The van der Waals surface area contributed by atoms with Crippen molar-refractivity contribution < 1.29 is 45.5 Å². The van der Waals surface area contributed by atoms with E-state index in [1.54, 1.807) is 32.0 Å². The first-order valence-electron chi connectivity index (χ1n) is 11.3. The van der Waals surface area contributed by atoms with Crippen LogP contribution in [-0.4, -0.2) is 82.4 Å². The number of urea groups is 1. The van der Waals surface area contributed by atoms with Crippen molar-refractivity contribution in [1.29, 1.82) is 0 Å². The van der Waals surface area contributed by atoms with Crippen molar-refractivity contribution in [2.24, 2.45) is 11.1 Å². The number of hydroxylamine groups is 2. The van der Waals surface area contributed by atoms with E-state index < -0.39 is 45.8 Å². The zero-order valence-electron chi connectivity index (χ0n) is 20.6. The van der Waals surface area contributed by atoms with Gasteiger partial charge in [-0.2, -0.15) is 13.5 Å². The Kier molecular flexibility index (Phi) is 8.31. The fraction of sp³-hybridized carbons (Fsp3) is 0.591. The topological polar surface area (TPSA) is 164 Å². The number of amides is 3. The second kappa shape index (κ2) is 10.9. The van der Waals surface area contributed by atoms with Gasteiger partial charge >= 0.3 is 22.4 Å². The zero-order valence-corrected chi connectivity index (χ0v) is 21.4. The van der Waals surface area contributed by atoms with Gasteiger partial charge in [-0.15, -0.1) is 4.28 Å². The normalized spacial score (nSPS) is 19.8. The van der Waals surface area contributed by atoms with Crippen molar-refractivity contribution in [3.63, 3.8) is 0 Å². The van der Waals surface area contributed by atoms with Crippen molar-refractivity contribution in [3.05, 3.63) is 23.8 Å². The molecule has 0 aliphatic carbocycles. The van der Waals surface area contributed by atoms with Crippen LogP contribution in [0.5, 0.6) is 11.5 Å². The highest BCUT2D eigenvalue weighted by Crippen LogP contribution is 2.32. The average Bonchev–Trinajstić information content (AvgIpc) is 3.06. The summed E-state index contributed by atoms with van der Waals surface area (Å²) in [5.74, 6) is -0.719. The third-order valence-corrected chi connectivity index (χ3v) is 6.81. The van der Waals surface area contributed by atoms with Gasteiger partial charge in [-0.1, -0.05) is 19.9 Å². The zero-order chi connectivity index (χ0) is 26.7. The molecule has 13 nitrogen and oxygen atoms in total. The second-order valence-corrected chi connectivity index (χ2v) is 10.4. The molecule has 3 rings (SSSR count). The first-order valence-corrected chi connectivity index (χ1v) is 12.6. The molecule has 0 unspecified atom stereocenters. The number of benzene rings is 1. The van der Waals surface area contributed by atoms with Crippen molar-refractivity contribution in [1.82, 2.24) is 9.96 Å². The molecule has 0 radical (unpaired) electrons. The van der Waals surface area contributed by atoms with Gasteiger partial charge in [-0.3, -0.25) is 4.79 Å². The maximum Gasteiger partial charge on any atom is 0.421 e. The van der Waals surface area contributed by atoms with Crippen LogP contribution in [-0.2, 0) is 28.4 Å². The Bertz CT molecular complexity index is 1090. The smallest absolute Gasteiger partial charge is 0.421 e. The number of nitrogens with zero attached hydrogens (tertiary/aromatic N) is 2. The summed E-state index contributed by atoms with van der Waals surface area (Å²) in [6.45, 7) is 3.24. The molecule has 14 heteroatoms. The number of rotatable bonds is 12. The first kappa shape index (κ1) is 27.5. The van der Waals surface area contributed by atoms with Crippen LogP contribution in [0.1, 0.15) is 43.5 Å². The summed E-state index contributed by atoms with van der Waals surface area (Å²) in [5.41, 5.74) is 4.72. The van der Waals surface area contributed by atoms with Crippen LogP contribution < -0.4 is 15.2 Å². The molecule has 36 heavy (non-hydrogen) atoms. The minimum atomic E-state index is -4.59. The highest BCUT2D eigenvalue weighted by molar-refractivity contribution is 7.81. The quantitative estimate of drug-likeness (QED) is 0.389. The molecule has 2 fully saturated rings. The highest BCUT2D eigenvalue weighted by atomic mass is 32.3. The van der Waals surface area contributed by atoms with Crippen molar-refractivity contribution >= 4 is 28.3 Å². The fourth-order valence-electron chi connectivity index (χ4n) is 3.99. The third kappa shape index (κ3) is 6.17. The lowest BCUT2D eigenvalue weighted by atomic mass is 9.91. The van der Waals surface area contributed by atoms with Crippen LogP contribution in [0.4, 0.5) is 4.79 Å². The summed E-state index contributed by atoms with van der Waals surface area (Å²) < 4.78 is 50.5. The van der Waals surface area contributed by atoms with E-state index in [4.69, 9.17) is 28.4 Å². The lowest BCUT2D eigenvalue weighted by Gasteiger charge is -2.27. The molecule has 0 spiro atoms. The van der Waals surface area contributed by atoms with Crippen molar-refractivity contribution in [3.8, 4) is 11.5 Å². The van der Waals surface area contributed by atoms with Gasteiger partial charge in [0.1, 0.15) is 23.1 Å². The van der Waals surface area contributed by atoms with Gasteiger partial charge in [-0.25, -0.2) is 13.8 Å². The lowest BCUT2D eigenvalue weighted by molar-refractivity contribution is -0.122. The minimum Gasteiger partial charge on any atom is -0.496 e. The maximum absolute atomic E-state index is 12.6. The van der Waals surface area contributed by atoms with Gasteiger partial charge in [0.05, 0.1) is 33.5 Å². The van der Waals surface area contributed by atoms with Gasteiger partial charge in [0.25, 0.3) is 0 Å². The second-order valence-electron chi connectivity index (χ2n) is 9.24. The van der Waals surface area contributed by atoms with Crippen molar-refractivity contribution in [2.45, 2.75) is 45.2 Å². The Balaban J connectivity index is 1.52. The summed E-state index contributed by atoms with van der Waals surface area (Å²) >= 11 is 0. The van der Waals surface area contributed by atoms with E-state index >= 15 is 0 Å². The Morgan fingerprint density at radius 2 is 1.78 bits per heavy atom. The predicted molar refractivity (Wildman–Crippen MR) is 124 cm³/mol. The van der Waals surface area contributed by atoms with E-state index in [1.807, 2.05) is 0 Å². The Morgan fingerprint density at radius 3 is 2.36 bits per heavy atom. The average molecular weight is 530 g/mol. The molecule has 2 aliphatic rings. The van der Waals surface area contributed by atoms with E-state index in [-0.39, 0.29) is 31.7 Å². The number of primary amides is 1. The largest absolute Gasteiger partial charge is 0.496 e. The third-order valence-electron chi connectivity index (χ3n) is 6.06. The van der Waals surface area contributed by atoms with Gasteiger partial charge in [0.15, 0.2) is 0 Å². The molecule has 2 saturated heterocycles. The van der Waals surface area contributed by atoms with Crippen molar-refractivity contribution in [2.75, 3.05) is 34.0 Å². The predicted octanol–water partition coefficient (Wildman–Crippen LogP) is 1.22. The number of methoxy groups -OCH3 is 2. The van der Waals surface area contributed by atoms with Crippen LogP contribution in [0.25, 0.3) is 0 Å². The van der Waals surface area contributed by atoms with Gasteiger partial charge in [0, 0.05) is 6.54 Å². The summed E-state index contributed by atoms with van der Waals surface area (Å²) in [5, 5.41) is 0.716. The Morgan fingerprint density at radius 1 is 1.14 bits per heavy atom. The number of ether oxygens (including phenoxy) is 3. The Labute approximate surface area is 209 Å². The van der Waals surface area contributed by atoms with Crippen LogP contribution in [0.3, 0.4) is 0 Å². The number of carbonyl (C=O) groups is 3. The number of piperidine rings is 1. The molecule has 0 aromatic heterocycles. The molecule has 0 saturated carbocycles. The summed E-state index contributed by atoms with van der Waals surface area (Å²) in [4.78, 5) is 37.9. The monoisotopic (exact) mass is 529 g/mol. The first-order chi connectivity index (χ1) is 16.9. The van der Waals surface area contributed by atoms with E-state index in [9.17, 15) is 22.8 Å². The van der Waals surface area contributed by atoms with Crippen LogP contribution in [0.15, 0.2) is 18.2 Å². The molecule has 2 aliphatic heterocycles. The van der Waals surface area contributed by atoms with E-state index in [0.29, 0.717) is 29.4 Å². The SMILES string of the molecule is COc1cccc(OC)c1C(=O)OCCC(C)(C)COS(=O)(=O)ON1C(=O)N2C[C@H]1CC[C@H]2C(N)=O. The number of esters is 1. The molecule has 2 N–H and O–H groups in total. The standard InChI is InChI=1S/C22H31N3O10S/c1-22(2,10-11-33-20(27)18-16(31-3)6-5-7-17(18)32-4)13-34-36(29,30)35-25-14-8-9-15(19(23)26)24(12-14)21(25)28/h5-7,14-15H,8-13H2,1-4H3,(H2,23,26)/t14-,15+/m1/s1. The molecule has 2 heterocycles. The molecule has 1 aromatic rings. The molecular weight excluding hydrogens is 498 g/mol. The molecule has 2 bridgehead atoms. The summed E-state index contributed by atoms with van der Waals surface area (Å²) in [7, 11) is -1.75. The lowest BCUT2D eigenvalue weighted by Crippen LogP contribution is -2.47. The van der Waals surface area contributed by atoms with E-state index in [1.165, 1.54) is 19.1 Å². The number of hydrogen-bond donors (Lipinski definition) is 1. The molecule has 200 valence electrons. The molecule has 1 aromatic carbocycles. The molecule has 2 atom stereocenters. The summed E-state index contributed by atoms with van der Waals surface area (Å²) in [6, 6.07) is 2.78. The minimum absolute atomic E-state index is 0.0343. The Hall–Kier alpha value is -3.10. The van der Waals surface area contributed by atoms with Crippen LogP contribution in [0, 0.1) is 5.41 Å². The van der Waals surface area contributed by atoms with Gasteiger partial charge in [0.2, 0.25) is 5.91 Å². The molecule has 3 amide bonds.